The van der Waals surface area contributed by atoms with Crippen molar-refractivity contribution >= 4 is 11.6 Å². The molecule has 2 aliphatic heterocycles. The first kappa shape index (κ1) is 14.0. The van der Waals surface area contributed by atoms with E-state index in [9.17, 15) is 4.79 Å². The molecule has 0 amide bonds. The quantitative estimate of drug-likeness (QED) is 0.851. The van der Waals surface area contributed by atoms with Crippen LogP contribution in [0, 0.1) is 5.92 Å². The van der Waals surface area contributed by atoms with Gasteiger partial charge >= 0.3 is 0 Å². The standard InChI is InChI=1S/C18H19ClN2O/c19-16-6-4-13(5-7-16)9-20-10-14-8-15(12-20)17-2-1-3-18(22)21(17)11-14/h1-7,14-15H,8-12H2/t14-,15+/m0/s1. The van der Waals surface area contributed by atoms with E-state index < -0.39 is 0 Å². The van der Waals surface area contributed by atoms with E-state index in [1.165, 1.54) is 17.7 Å². The van der Waals surface area contributed by atoms with E-state index >= 15 is 0 Å². The third-order valence-corrected chi connectivity index (χ3v) is 5.13. The van der Waals surface area contributed by atoms with Crippen LogP contribution in [0.3, 0.4) is 0 Å². The van der Waals surface area contributed by atoms with Gasteiger partial charge in [-0.25, -0.2) is 0 Å². The van der Waals surface area contributed by atoms with Crippen molar-refractivity contribution in [2.45, 2.75) is 25.4 Å². The highest BCUT2D eigenvalue weighted by atomic mass is 35.5. The van der Waals surface area contributed by atoms with Crippen LogP contribution in [0.2, 0.25) is 5.02 Å². The van der Waals surface area contributed by atoms with E-state index in [0.29, 0.717) is 11.8 Å². The maximum absolute atomic E-state index is 12.0. The Morgan fingerprint density at radius 1 is 1.05 bits per heavy atom. The van der Waals surface area contributed by atoms with E-state index in [1.54, 1.807) is 6.07 Å². The van der Waals surface area contributed by atoms with Crippen molar-refractivity contribution in [3.8, 4) is 0 Å². The number of fused-ring (bicyclic) bond motifs is 4. The van der Waals surface area contributed by atoms with Crippen LogP contribution >= 0.6 is 11.6 Å². The Hall–Kier alpha value is -1.58. The largest absolute Gasteiger partial charge is 0.312 e. The topological polar surface area (TPSA) is 25.2 Å². The maximum Gasteiger partial charge on any atom is 0.250 e. The van der Waals surface area contributed by atoms with Crippen molar-refractivity contribution in [3.05, 3.63) is 69.1 Å². The average Bonchev–Trinajstić information content (AvgIpc) is 2.51. The molecule has 114 valence electrons. The van der Waals surface area contributed by atoms with Crippen molar-refractivity contribution < 1.29 is 0 Å². The zero-order chi connectivity index (χ0) is 15.1. The first-order valence-corrected chi connectivity index (χ1v) is 8.23. The number of hydrogen-bond acceptors (Lipinski definition) is 2. The fourth-order valence-electron chi connectivity index (χ4n) is 3.97. The van der Waals surface area contributed by atoms with Gasteiger partial charge in [-0.1, -0.05) is 29.8 Å². The molecule has 0 radical (unpaired) electrons. The van der Waals surface area contributed by atoms with Gasteiger partial charge in [0.05, 0.1) is 0 Å². The van der Waals surface area contributed by atoms with Crippen molar-refractivity contribution in [1.82, 2.24) is 9.47 Å². The second kappa shape index (κ2) is 5.56. The number of pyridine rings is 1. The number of hydrogen-bond donors (Lipinski definition) is 0. The van der Waals surface area contributed by atoms with Gasteiger partial charge in [-0.3, -0.25) is 9.69 Å². The number of rotatable bonds is 2. The lowest BCUT2D eigenvalue weighted by Gasteiger charge is -2.42. The van der Waals surface area contributed by atoms with Crippen LogP contribution in [-0.2, 0) is 13.1 Å². The molecule has 1 aromatic carbocycles. The maximum atomic E-state index is 12.0. The zero-order valence-electron chi connectivity index (χ0n) is 12.4. The van der Waals surface area contributed by atoms with Gasteiger partial charge in [-0.2, -0.15) is 0 Å². The van der Waals surface area contributed by atoms with E-state index in [0.717, 1.165) is 31.2 Å². The highest BCUT2D eigenvalue weighted by molar-refractivity contribution is 6.30. The van der Waals surface area contributed by atoms with Crippen molar-refractivity contribution in [3.63, 3.8) is 0 Å². The smallest absolute Gasteiger partial charge is 0.250 e. The minimum absolute atomic E-state index is 0.151. The number of benzene rings is 1. The summed E-state index contributed by atoms with van der Waals surface area (Å²) in [7, 11) is 0. The third kappa shape index (κ3) is 2.59. The molecule has 1 aromatic heterocycles. The Kier molecular flexibility index (Phi) is 3.55. The fraction of sp³-hybridized carbons (Fsp3) is 0.389. The molecule has 2 aromatic rings. The molecular weight excluding hydrogens is 296 g/mol. The summed E-state index contributed by atoms with van der Waals surface area (Å²) in [5.41, 5.74) is 2.66. The second-order valence-corrected chi connectivity index (χ2v) is 6.96. The Morgan fingerprint density at radius 2 is 1.86 bits per heavy atom. The van der Waals surface area contributed by atoms with Crippen LogP contribution in [0.15, 0.2) is 47.3 Å². The van der Waals surface area contributed by atoms with E-state index in [-0.39, 0.29) is 5.56 Å². The normalized spacial score (nSPS) is 24.0. The summed E-state index contributed by atoms with van der Waals surface area (Å²) in [4.78, 5) is 14.6. The molecule has 4 rings (SSSR count). The van der Waals surface area contributed by atoms with E-state index in [1.807, 2.05) is 22.8 Å². The number of likely N-dealkylation sites (tertiary alicyclic amines) is 1. The molecule has 1 fully saturated rings. The zero-order valence-corrected chi connectivity index (χ0v) is 13.2. The first-order chi connectivity index (χ1) is 10.7. The molecular formula is C18H19ClN2O. The van der Waals surface area contributed by atoms with Gasteiger partial charge in [0.25, 0.3) is 5.56 Å². The van der Waals surface area contributed by atoms with Crippen molar-refractivity contribution in [1.29, 1.82) is 0 Å². The SMILES string of the molecule is O=c1cccc2n1C[C@H]1C[C@@H]2CN(Cc2ccc(Cl)cc2)C1. The summed E-state index contributed by atoms with van der Waals surface area (Å²) < 4.78 is 1.98. The van der Waals surface area contributed by atoms with Crippen LogP contribution in [0.4, 0.5) is 0 Å². The monoisotopic (exact) mass is 314 g/mol. The summed E-state index contributed by atoms with van der Waals surface area (Å²) in [6.07, 6.45) is 1.21. The highest BCUT2D eigenvalue weighted by Gasteiger charge is 2.34. The molecule has 3 heterocycles. The first-order valence-electron chi connectivity index (χ1n) is 7.85. The van der Waals surface area contributed by atoms with E-state index in [4.69, 9.17) is 11.6 Å². The predicted molar refractivity (Wildman–Crippen MR) is 88.3 cm³/mol. The number of aromatic nitrogens is 1. The van der Waals surface area contributed by atoms with Gasteiger partial charge in [0.1, 0.15) is 0 Å². The molecule has 2 aliphatic rings. The Balaban J connectivity index is 1.56. The van der Waals surface area contributed by atoms with Gasteiger partial charge in [0.15, 0.2) is 0 Å². The van der Waals surface area contributed by atoms with Crippen LogP contribution in [0.25, 0.3) is 0 Å². The van der Waals surface area contributed by atoms with Crippen molar-refractivity contribution in [2.24, 2.45) is 5.92 Å². The average molecular weight is 315 g/mol. The predicted octanol–water partition coefficient (Wildman–Crippen LogP) is 3.12. The summed E-state index contributed by atoms with van der Waals surface area (Å²) >= 11 is 5.96. The van der Waals surface area contributed by atoms with Crippen LogP contribution in [-0.4, -0.2) is 22.6 Å². The van der Waals surface area contributed by atoms with Gasteiger partial charge in [-0.05, 0) is 36.1 Å². The second-order valence-electron chi connectivity index (χ2n) is 6.52. The Bertz CT molecular complexity index is 737. The van der Waals surface area contributed by atoms with Crippen molar-refractivity contribution in [2.75, 3.05) is 13.1 Å². The van der Waals surface area contributed by atoms with Crippen LogP contribution < -0.4 is 5.56 Å². The van der Waals surface area contributed by atoms with Crippen LogP contribution in [0.5, 0.6) is 0 Å². The van der Waals surface area contributed by atoms with Gasteiger partial charge < -0.3 is 4.57 Å². The molecule has 0 N–H and O–H groups in total. The van der Waals surface area contributed by atoms with Gasteiger partial charge in [0.2, 0.25) is 0 Å². The Labute approximate surface area is 135 Å². The molecule has 2 bridgehead atoms. The summed E-state index contributed by atoms with van der Waals surface area (Å²) in [6, 6.07) is 13.8. The minimum Gasteiger partial charge on any atom is -0.312 e. The number of halogens is 1. The molecule has 0 unspecified atom stereocenters. The summed E-state index contributed by atoms with van der Waals surface area (Å²) in [5.74, 6) is 1.06. The molecule has 0 saturated carbocycles. The molecule has 2 atom stereocenters. The third-order valence-electron chi connectivity index (χ3n) is 4.87. The number of piperidine rings is 1. The molecule has 0 aliphatic carbocycles. The minimum atomic E-state index is 0.151. The number of nitrogens with zero attached hydrogens (tertiary/aromatic N) is 2. The summed E-state index contributed by atoms with van der Waals surface area (Å²) in [6.45, 7) is 3.92. The van der Waals surface area contributed by atoms with E-state index in [2.05, 4.69) is 23.1 Å². The lowest BCUT2D eigenvalue weighted by atomic mass is 9.83. The lowest BCUT2D eigenvalue weighted by molar-refractivity contribution is 0.114. The fourth-order valence-corrected chi connectivity index (χ4v) is 4.10. The molecule has 1 saturated heterocycles. The molecule has 3 nitrogen and oxygen atoms in total. The molecule has 4 heteroatoms. The highest BCUT2D eigenvalue weighted by Crippen LogP contribution is 2.35. The Morgan fingerprint density at radius 3 is 2.68 bits per heavy atom. The summed E-state index contributed by atoms with van der Waals surface area (Å²) in [5, 5.41) is 0.785. The van der Waals surface area contributed by atoms with Gasteiger partial charge in [0, 0.05) is 48.9 Å². The van der Waals surface area contributed by atoms with Crippen LogP contribution in [0.1, 0.15) is 23.6 Å². The molecule has 0 spiro atoms. The van der Waals surface area contributed by atoms with Gasteiger partial charge in [-0.15, -0.1) is 0 Å². The lowest BCUT2D eigenvalue weighted by Crippen LogP contribution is -2.46. The molecule has 22 heavy (non-hydrogen) atoms.